The fraction of sp³-hybridized carbons (Fsp3) is 0.417. The van der Waals surface area contributed by atoms with E-state index in [1.165, 1.54) is 5.56 Å². The van der Waals surface area contributed by atoms with Crippen molar-refractivity contribution in [3.05, 3.63) is 35.9 Å². The van der Waals surface area contributed by atoms with E-state index >= 15 is 0 Å². The van der Waals surface area contributed by atoms with Crippen molar-refractivity contribution < 1.29 is 4.79 Å². The number of benzene rings is 1. The number of amides is 1. The van der Waals surface area contributed by atoms with Crippen LogP contribution in [0.5, 0.6) is 0 Å². The van der Waals surface area contributed by atoms with Gasteiger partial charge in [0.1, 0.15) is 0 Å². The third kappa shape index (κ3) is 3.72. The minimum Gasteiger partial charge on any atom is -0.369 e. The van der Waals surface area contributed by atoms with Crippen molar-refractivity contribution in [3.8, 4) is 0 Å². The lowest BCUT2D eigenvalue weighted by molar-refractivity contribution is -0.125. The first kappa shape index (κ1) is 11.7. The van der Waals surface area contributed by atoms with Crippen LogP contribution in [0.4, 0.5) is 0 Å². The van der Waals surface area contributed by atoms with Gasteiger partial charge in [0.05, 0.1) is 5.41 Å². The summed E-state index contributed by atoms with van der Waals surface area (Å²) in [6.07, 6.45) is 0. The summed E-state index contributed by atoms with van der Waals surface area (Å²) in [4.78, 5) is 11.0. The molecule has 82 valence electrons. The Balaban J connectivity index is 2.37. The quantitative estimate of drug-likeness (QED) is 0.762. The smallest absolute Gasteiger partial charge is 0.224 e. The minimum absolute atomic E-state index is 0.275. The van der Waals surface area contributed by atoms with Crippen molar-refractivity contribution in [2.75, 3.05) is 6.54 Å². The van der Waals surface area contributed by atoms with Crippen molar-refractivity contribution in [1.82, 2.24) is 5.32 Å². The van der Waals surface area contributed by atoms with Crippen LogP contribution in [0.15, 0.2) is 30.3 Å². The van der Waals surface area contributed by atoms with Crippen LogP contribution >= 0.6 is 0 Å². The van der Waals surface area contributed by atoms with Gasteiger partial charge in [-0.25, -0.2) is 0 Å². The summed E-state index contributed by atoms with van der Waals surface area (Å²) in [6.45, 7) is 5.04. The molecule has 3 N–H and O–H groups in total. The molecule has 1 rings (SSSR count). The maximum atomic E-state index is 11.0. The zero-order valence-corrected chi connectivity index (χ0v) is 9.29. The number of nitrogens with one attached hydrogen (secondary N) is 1. The predicted molar refractivity (Wildman–Crippen MR) is 61.1 cm³/mol. The molecule has 0 aliphatic carbocycles. The summed E-state index contributed by atoms with van der Waals surface area (Å²) in [5.41, 5.74) is 5.99. The van der Waals surface area contributed by atoms with Gasteiger partial charge in [0.15, 0.2) is 0 Å². The van der Waals surface area contributed by atoms with Crippen LogP contribution in [-0.2, 0) is 11.3 Å². The predicted octanol–water partition coefficient (Wildman–Crippen LogP) is 1.29. The average Bonchev–Trinajstić information content (AvgIpc) is 2.19. The Morgan fingerprint density at radius 1 is 1.33 bits per heavy atom. The van der Waals surface area contributed by atoms with Crippen LogP contribution in [0.1, 0.15) is 19.4 Å². The highest BCUT2D eigenvalue weighted by Gasteiger charge is 2.23. The van der Waals surface area contributed by atoms with E-state index in [4.69, 9.17) is 5.73 Å². The van der Waals surface area contributed by atoms with E-state index in [0.717, 1.165) is 6.54 Å². The van der Waals surface area contributed by atoms with Crippen LogP contribution in [0.3, 0.4) is 0 Å². The Hall–Kier alpha value is -1.35. The molecule has 0 fully saturated rings. The third-order valence-electron chi connectivity index (χ3n) is 2.41. The molecule has 15 heavy (non-hydrogen) atoms. The van der Waals surface area contributed by atoms with Gasteiger partial charge in [-0.2, -0.15) is 0 Å². The fourth-order valence-electron chi connectivity index (χ4n) is 1.20. The maximum absolute atomic E-state index is 11.0. The normalized spacial score (nSPS) is 11.3. The van der Waals surface area contributed by atoms with Gasteiger partial charge in [-0.15, -0.1) is 0 Å². The summed E-state index contributed by atoms with van der Waals surface area (Å²) < 4.78 is 0. The molecule has 0 heterocycles. The molecule has 0 radical (unpaired) electrons. The van der Waals surface area contributed by atoms with Crippen LogP contribution in [-0.4, -0.2) is 12.5 Å². The number of primary amides is 1. The van der Waals surface area contributed by atoms with Crippen LogP contribution < -0.4 is 11.1 Å². The first-order chi connectivity index (χ1) is 7.02. The van der Waals surface area contributed by atoms with Crippen molar-refractivity contribution in [1.29, 1.82) is 0 Å². The topological polar surface area (TPSA) is 55.1 Å². The Kier molecular flexibility index (Phi) is 3.86. The Labute approximate surface area is 90.7 Å². The summed E-state index contributed by atoms with van der Waals surface area (Å²) in [5, 5.41) is 3.22. The molecular formula is C12H18N2O. The monoisotopic (exact) mass is 206 g/mol. The van der Waals surface area contributed by atoms with Crippen molar-refractivity contribution in [3.63, 3.8) is 0 Å². The SMILES string of the molecule is CC(C)(CNCc1ccccc1)C(N)=O. The van der Waals surface area contributed by atoms with Gasteiger partial charge < -0.3 is 11.1 Å². The summed E-state index contributed by atoms with van der Waals surface area (Å²) in [6, 6.07) is 10.1. The van der Waals surface area contributed by atoms with E-state index in [2.05, 4.69) is 5.32 Å². The number of rotatable bonds is 5. The van der Waals surface area contributed by atoms with Crippen LogP contribution in [0, 0.1) is 5.41 Å². The molecule has 0 aliphatic heterocycles. The van der Waals surface area contributed by atoms with Crippen LogP contribution in [0.2, 0.25) is 0 Å². The molecule has 3 nitrogen and oxygen atoms in total. The number of carbonyl (C=O) groups excluding carboxylic acids is 1. The molecular weight excluding hydrogens is 188 g/mol. The molecule has 0 aliphatic rings. The fourth-order valence-corrected chi connectivity index (χ4v) is 1.20. The van der Waals surface area contributed by atoms with E-state index in [9.17, 15) is 4.79 Å². The molecule has 0 unspecified atom stereocenters. The molecule has 3 heteroatoms. The van der Waals surface area contributed by atoms with Crippen molar-refractivity contribution in [2.24, 2.45) is 11.1 Å². The lowest BCUT2D eigenvalue weighted by Crippen LogP contribution is -2.40. The highest BCUT2D eigenvalue weighted by molar-refractivity contribution is 5.80. The molecule has 0 bridgehead atoms. The maximum Gasteiger partial charge on any atom is 0.224 e. The van der Waals surface area contributed by atoms with Crippen LogP contribution in [0.25, 0.3) is 0 Å². The van der Waals surface area contributed by atoms with E-state index in [0.29, 0.717) is 6.54 Å². The standard InChI is InChI=1S/C12H18N2O/c1-12(2,11(13)15)9-14-8-10-6-4-3-5-7-10/h3-7,14H,8-9H2,1-2H3,(H2,13,15). The number of hydrogen-bond donors (Lipinski definition) is 2. The lowest BCUT2D eigenvalue weighted by atomic mass is 9.93. The summed E-state index contributed by atoms with van der Waals surface area (Å²) in [7, 11) is 0. The van der Waals surface area contributed by atoms with Gasteiger partial charge in [-0.3, -0.25) is 4.79 Å². The van der Waals surface area contributed by atoms with Gasteiger partial charge in [0, 0.05) is 13.1 Å². The van der Waals surface area contributed by atoms with Gasteiger partial charge in [0.25, 0.3) is 0 Å². The summed E-state index contributed by atoms with van der Waals surface area (Å²) in [5.74, 6) is -0.275. The molecule has 1 amide bonds. The van der Waals surface area contributed by atoms with Gasteiger partial charge in [0.2, 0.25) is 5.91 Å². The highest BCUT2D eigenvalue weighted by atomic mass is 16.1. The van der Waals surface area contributed by atoms with Gasteiger partial charge >= 0.3 is 0 Å². The minimum atomic E-state index is -0.491. The average molecular weight is 206 g/mol. The molecule has 0 saturated heterocycles. The summed E-state index contributed by atoms with van der Waals surface area (Å²) >= 11 is 0. The van der Waals surface area contributed by atoms with Crippen molar-refractivity contribution >= 4 is 5.91 Å². The first-order valence-corrected chi connectivity index (χ1v) is 5.07. The number of hydrogen-bond acceptors (Lipinski definition) is 2. The Bertz CT molecular complexity index is 320. The van der Waals surface area contributed by atoms with Gasteiger partial charge in [-0.05, 0) is 19.4 Å². The molecule has 1 aromatic rings. The van der Waals surface area contributed by atoms with Crippen molar-refractivity contribution in [2.45, 2.75) is 20.4 Å². The second-order valence-corrected chi connectivity index (χ2v) is 4.34. The zero-order chi connectivity index (χ0) is 11.3. The Morgan fingerprint density at radius 3 is 2.47 bits per heavy atom. The highest BCUT2D eigenvalue weighted by Crippen LogP contribution is 2.12. The first-order valence-electron chi connectivity index (χ1n) is 5.07. The second kappa shape index (κ2) is 4.94. The second-order valence-electron chi connectivity index (χ2n) is 4.34. The number of carbonyl (C=O) groups is 1. The van der Waals surface area contributed by atoms with E-state index in [-0.39, 0.29) is 5.91 Å². The zero-order valence-electron chi connectivity index (χ0n) is 9.29. The molecule has 0 aromatic heterocycles. The third-order valence-corrected chi connectivity index (χ3v) is 2.41. The molecule has 0 spiro atoms. The van der Waals surface area contributed by atoms with E-state index in [1.54, 1.807) is 0 Å². The van der Waals surface area contributed by atoms with E-state index in [1.807, 2.05) is 44.2 Å². The van der Waals surface area contributed by atoms with Gasteiger partial charge in [-0.1, -0.05) is 30.3 Å². The molecule has 1 aromatic carbocycles. The molecule has 0 atom stereocenters. The lowest BCUT2D eigenvalue weighted by Gasteiger charge is -2.20. The largest absolute Gasteiger partial charge is 0.369 e. The Morgan fingerprint density at radius 2 is 1.93 bits per heavy atom. The molecule has 0 saturated carbocycles. The number of nitrogens with two attached hydrogens (primary N) is 1. The van der Waals surface area contributed by atoms with E-state index < -0.39 is 5.41 Å².